The maximum absolute atomic E-state index is 12.2. The van der Waals surface area contributed by atoms with E-state index < -0.39 is 31.6 Å². The number of allylic oxidation sites excluding steroid dienone is 3. The van der Waals surface area contributed by atoms with Crippen LogP contribution in [0.15, 0.2) is 69.6 Å². The van der Waals surface area contributed by atoms with Gasteiger partial charge in [0.2, 0.25) is 5.36 Å². The molecule has 0 saturated carbocycles. The molecule has 0 aromatic heterocycles. The molecular formula is C41H59N2O10S2+. The number of unbranched alkanes of at least 4 members (excludes halogenated alkanes) is 2. The van der Waals surface area contributed by atoms with Gasteiger partial charge in [0.15, 0.2) is 0 Å². The molecule has 4 rings (SSSR count). The molecule has 0 bridgehead atoms. The van der Waals surface area contributed by atoms with Crippen molar-refractivity contribution in [1.82, 2.24) is 4.58 Å². The molecule has 12 nitrogen and oxygen atoms in total. The highest BCUT2D eigenvalue weighted by atomic mass is 32.2. The predicted octanol–water partition coefficient (Wildman–Crippen LogP) is 7.38. The monoisotopic (exact) mass is 803 g/mol. The second kappa shape index (κ2) is 19.4. The number of nitrogens with zero attached hydrogens (tertiary/aromatic N) is 2. The van der Waals surface area contributed by atoms with Crippen molar-refractivity contribution in [2.24, 2.45) is 0 Å². The summed E-state index contributed by atoms with van der Waals surface area (Å²) in [6.45, 7) is 16.4. The average Bonchev–Trinajstić information content (AvgIpc) is 3.34. The zero-order valence-corrected chi connectivity index (χ0v) is 35.1. The van der Waals surface area contributed by atoms with Gasteiger partial charge in [0.1, 0.15) is 24.6 Å². The molecule has 0 spiro atoms. The standard InChI is InChI=1S/C39H52N2O10S2.C2H6/c1-7-40(21-12-24-52(44,45)46)28-16-18-31-32(38(2,3)4)26-29(51-35(31)25-28)13-11-14-36-39(5,20-23-50-6)33-27-30(53(47,48)49)17-19-34(33)41(36)22-10-8-9-15-37(42)43;1-2/h11,13-14,16-19,25-27H,7-10,12,15,20-24H2,1-6H3,(H2-,42,43,44,45,46,47,48,49);1-2H3/p+1. The molecule has 1 aliphatic carbocycles. The van der Waals surface area contributed by atoms with Gasteiger partial charge in [-0.1, -0.05) is 47.1 Å². The molecule has 2 heterocycles. The molecule has 3 aliphatic rings. The number of hydrogen-bond donors (Lipinski definition) is 3. The van der Waals surface area contributed by atoms with Gasteiger partial charge in [-0.3, -0.25) is 13.9 Å². The Morgan fingerprint density at radius 3 is 2.31 bits per heavy atom. The van der Waals surface area contributed by atoms with Crippen LogP contribution in [0.5, 0.6) is 0 Å². The Kier molecular flexibility index (Phi) is 16.0. The largest absolute Gasteiger partial charge is 0.481 e. The molecule has 0 saturated heterocycles. The summed E-state index contributed by atoms with van der Waals surface area (Å²) in [4.78, 5) is 13.0. The van der Waals surface area contributed by atoms with Crippen LogP contribution >= 0.6 is 0 Å². The number of hydrogen-bond acceptors (Lipinski definition) is 8. The van der Waals surface area contributed by atoms with E-state index in [9.17, 15) is 30.7 Å². The first kappa shape index (κ1) is 45.6. The lowest BCUT2D eigenvalue weighted by Crippen LogP contribution is -2.31. The number of benzene rings is 2. The molecule has 1 aromatic carbocycles. The second-order valence-corrected chi connectivity index (χ2v) is 17.7. The number of rotatable bonds is 17. The third kappa shape index (κ3) is 12.1. The third-order valence-corrected chi connectivity index (χ3v) is 11.4. The van der Waals surface area contributed by atoms with E-state index in [0.717, 1.165) is 33.4 Å². The lowest BCUT2D eigenvalue weighted by molar-refractivity contribution is -0.137. The summed E-state index contributed by atoms with van der Waals surface area (Å²) in [5, 5.41) is 9.97. The van der Waals surface area contributed by atoms with Gasteiger partial charge >= 0.3 is 5.97 Å². The number of anilines is 1. The van der Waals surface area contributed by atoms with Crippen molar-refractivity contribution in [3.05, 3.63) is 82.6 Å². The van der Waals surface area contributed by atoms with Gasteiger partial charge < -0.3 is 19.2 Å². The van der Waals surface area contributed by atoms with Gasteiger partial charge in [0, 0.05) is 61.5 Å². The average molecular weight is 804 g/mol. The molecule has 0 fully saturated rings. The minimum Gasteiger partial charge on any atom is -0.481 e. The minimum atomic E-state index is -4.46. The molecule has 2 aliphatic heterocycles. The highest BCUT2D eigenvalue weighted by molar-refractivity contribution is 7.86. The fraction of sp³-hybridized carbons (Fsp3) is 0.512. The van der Waals surface area contributed by atoms with E-state index >= 15 is 0 Å². The van der Waals surface area contributed by atoms with Crippen molar-refractivity contribution in [2.45, 2.75) is 103 Å². The molecule has 0 radical (unpaired) electrons. The van der Waals surface area contributed by atoms with E-state index in [2.05, 4.69) is 25.7 Å². The van der Waals surface area contributed by atoms with E-state index in [1.54, 1.807) is 13.2 Å². The van der Waals surface area contributed by atoms with Gasteiger partial charge in [-0.25, -0.2) is 4.58 Å². The number of aliphatic carboxylic acids is 1. The Morgan fingerprint density at radius 2 is 1.71 bits per heavy atom. The summed E-state index contributed by atoms with van der Waals surface area (Å²) in [5.41, 5.74) is 3.55. The Hall–Kier alpha value is -3.82. The van der Waals surface area contributed by atoms with Gasteiger partial charge in [-0.05, 0) is 92.1 Å². The van der Waals surface area contributed by atoms with Crippen LogP contribution in [0.3, 0.4) is 0 Å². The van der Waals surface area contributed by atoms with E-state index in [1.165, 1.54) is 12.1 Å². The molecule has 1 atom stereocenters. The zero-order chi connectivity index (χ0) is 41.2. The third-order valence-electron chi connectivity index (χ3n) is 9.76. The van der Waals surface area contributed by atoms with E-state index in [-0.39, 0.29) is 28.9 Å². The Morgan fingerprint density at radius 1 is 1.00 bits per heavy atom. The van der Waals surface area contributed by atoms with Crippen LogP contribution in [0.2, 0.25) is 0 Å². The molecule has 14 heteroatoms. The fourth-order valence-electron chi connectivity index (χ4n) is 6.96. The topological polar surface area (TPSA) is 175 Å². The molecule has 3 N–H and O–H groups in total. The quantitative estimate of drug-likeness (QED) is 0.0706. The first-order valence-electron chi connectivity index (χ1n) is 18.9. The highest BCUT2D eigenvalue weighted by Crippen LogP contribution is 2.51. The van der Waals surface area contributed by atoms with Crippen molar-refractivity contribution in [3.63, 3.8) is 0 Å². The van der Waals surface area contributed by atoms with Crippen molar-refractivity contribution in [3.8, 4) is 11.3 Å². The minimum absolute atomic E-state index is 0.0864. The number of fused-ring (bicyclic) bond motifs is 2. The molecule has 1 aromatic rings. The highest BCUT2D eigenvalue weighted by Gasteiger charge is 2.43. The summed E-state index contributed by atoms with van der Waals surface area (Å²) >= 11 is 0. The predicted molar refractivity (Wildman–Crippen MR) is 218 cm³/mol. The number of carbonyl (C=O) groups is 1. The summed E-state index contributed by atoms with van der Waals surface area (Å²) < 4.78 is 80.1. The summed E-state index contributed by atoms with van der Waals surface area (Å²) in [7, 11) is -6.91. The van der Waals surface area contributed by atoms with Gasteiger partial charge in [-0.15, -0.1) is 0 Å². The van der Waals surface area contributed by atoms with E-state index in [4.69, 9.17) is 14.3 Å². The molecule has 55 heavy (non-hydrogen) atoms. The van der Waals surface area contributed by atoms with Gasteiger partial charge in [0.25, 0.3) is 20.2 Å². The molecule has 1 unspecified atom stereocenters. The Labute approximate surface area is 327 Å². The first-order chi connectivity index (χ1) is 25.8. The SMILES string of the molecule is CC.CC[N+](CCCS(=O)(=O)O)=c1ccc2c(C(C)(C)C)cc(/C=C/C=C3/N(CCCCCC(=O)O)c4ccc(S(=O)(=O)O)cc4C3(C)CCOC)oc-2c1. The lowest BCUT2D eigenvalue weighted by atomic mass is 9.78. The van der Waals surface area contributed by atoms with Crippen LogP contribution < -0.4 is 14.8 Å². The smallest absolute Gasteiger partial charge is 0.303 e. The summed E-state index contributed by atoms with van der Waals surface area (Å²) in [6, 6.07) is 12.6. The van der Waals surface area contributed by atoms with Crippen LogP contribution in [0.1, 0.15) is 104 Å². The van der Waals surface area contributed by atoms with Crippen LogP contribution in [0, 0.1) is 0 Å². The maximum Gasteiger partial charge on any atom is 0.303 e. The number of methoxy groups -OCH3 is 1. The van der Waals surface area contributed by atoms with Gasteiger partial charge in [-0.2, -0.15) is 16.8 Å². The van der Waals surface area contributed by atoms with E-state index in [0.29, 0.717) is 63.4 Å². The first-order valence-corrected chi connectivity index (χ1v) is 21.9. The summed E-state index contributed by atoms with van der Waals surface area (Å²) in [6.07, 6.45) is 8.60. The fourth-order valence-corrected chi connectivity index (χ4v) is 7.96. The number of carboxylic acid groups (broad SMARTS) is 1. The van der Waals surface area contributed by atoms with Crippen LogP contribution in [-0.4, -0.2) is 76.1 Å². The van der Waals surface area contributed by atoms with Crippen molar-refractivity contribution >= 4 is 38.0 Å². The van der Waals surface area contributed by atoms with Crippen molar-refractivity contribution < 1.29 is 45.0 Å². The van der Waals surface area contributed by atoms with Crippen LogP contribution in [0.25, 0.3) is 17.4 Å². The number of ether oxygens (including phenoxy) is 1. The van der Waals surface area contributed by atoms with Crippen molar-refractivity contribution in [1.29, 1.82) is 0 Å². The van der Waals surface area contributed by atoms with Crippen LogP contribution in [0.4, 0.5) is 5.69 Å². The Bertz CT molecular complexity index is 2110. The normalized spacial score (nSPS) is 17.4. The molecule has 0 amide bonds. The summed E-state index contributed by atoms with van der Waals surface area (Å²) in [5.74, 6) is 0.109. The number of carboxylic acids is 1. The lowest BCUT2D eigenvalue weighted by Gasteiger charge is -2.30. The zero-order valence-electron chi connectivity index (χ0n) is 33.5. The second-order valence-electron chi connectivity index (χ2n) is 14.7. The Balaban J connectivity index is 0.00000399. The maximum atomic E-state index is 12.2. The van der Waals surface area contributed by atoms with Gasteiger partial charge in [0.05, 0.1) is 16.7 Å². The van der Waals surface area contributed by atoms with Crippen molar-refractivity contribution in [2.75, 3.05) is 44.0 Å². The van der Waals surface area contributed by atoms with Crippen LogP contribution in [-0.2, 0) is 40.6 Å². The molecule has 304 valence electrons. The van der Waals surface area contributed by atoms with E-state index in [1.807, 2.05) is 74.8 Å². The molecular weight excluding hydrogens is 745 g/mol.